The predicted octanol–water partition coefficient (Wildman–Crippen LogP) is 3.38. The molecule has 2 amide bonds. The van der Waals surface area contributed by atoms with Crippen LogP contribution in [0.15, 0.2) is 59.8 Å². The molecule has 2 aromatic rings. The van der Waals surface area contributed by atoms with Crippen molar-refractivity contribution in [2.75, 3.05) is 13.1 Å². The lowest BCUT2D eigenvalue weighted by Crippen LogP contribution is -2.51. The molecule has 0 bridgehead atoms. The second-order valence-corrected chi connectivity index (χ2v) is 8.56. The Hall–Kier alpha value is -3.15. The maximum atomic E-state index is 12.8. The van der Waals surface area contributed by atoms with Crippen LogP contribution in [0.1, 0.15) is 42.4 Å². The number of benzene rings is 2. The number of hydrogen-bond acceptors (Lipinski definition) is 4. The number of piperidine rings is 1. The number of nitrogens with one attached hydrogen (secondary N) is 1. The zero-order valence-electron chi connectivity index (χ0n) is 18.0. The Bertz CT molecular complexity index is 956. The third kappa shape index (κ3) is 5.32. The maximum Gasteiger partial charge on any atom is 0.269 e. The van der Waals surface area contributed by atoms with Crippen molar-refractivity contribution in [3.8, 4) is 0 Å². The lowest BCUT2D eigenvalue weighted by molar-refractivity contribution is -0.140. The minimum atomic E-state index is -0.572. The highest BCUT2D eigenvalue weighted by molar-refractivity contribution is 6.39. The van der Waals surface area contributed by atoms with Crippen LogP contribution in [0.4, 0.5) is 0 Å². The van der Waals surface area contributed by atoms with Gasteiger partial charge in [0.1, 0.15) is 5.71 Å². The average Bonchev–Trinajstić information content (AvgIpc) is 3.20. The van der Waals surface area contributed by atoms with Crippen LogP contribution in [-0.2, 0) is 27.4 Å². The molecule has 31 heavy (non-hydrogen) atoms. The Morgan fingerprint density at radius 1 is 1.10 bits per heavy atom. The van der Waals surface area contributed by atoms with Crippen LogP contribution in [0.3, 0.4) is 0 Å². The van der Waals surface area contributed by atoms with E-state index in [0.717, 1.165) is 36.9 Å². The first kappa shape index (κ1) is 21.1. The molecular formula is C25H29N3O3. The molecule has 6 nitrogen and oxygen atoms in total. The van der Waals surface area contributed by atoms with Crippen molar-refractivity contribution in [2.24, 2.45) is 5.16 Å². The summed E-state index contributed by atoms with van der Waals surface area (Å²) in [5.74, 6) is -0.0752. The van der Waals surface area contributed by atoms with Gasteiger partial charge in [-0.1, -0.05) is 65.3 Å². The monoisotopic (exact) mass is 419 g/mol. The Morgan fingerprint density at radius 3 is 2.65 bits per heavy atom. The quantitative estimate of drug-likeness (QED) is 0.780. The Balaban J connectivity index is 1.28. The minimum Gasteiger partial charge on any atom is -0.386 e. The standard InChI is InChI=1S/C25H29N3O3/c1-19-8-10-21(11-9-19)17-26-24(30)22-16-25(31-27-22)14-5-15-28(18-25)23(29)13-12-20-6-3-2-4-7-20/h2-4,6-11H,5,12-18H2,1H3,(H,26,30). The lowest BCUT2D eigenvalue weighted by Gasteiger charge is -2.38. The van der Waals surface area contributed by atoms with Gasteiger partial charge < -0.3 is 15.1 Å². The fourth-order valence-electron chi connectivity index (χ4n) is 4.22. The van der Waals surface area contributed by atoms with E-state index in [1.165, 1.54) is 5.56 Å². The van der Waals surface area contributed by atoms with E-state index in [9.17, 15) is 9.59 Å². The van der Waals surface area contributed by atoms with Gasteiger partial charge in [0.15, 0.2) is 5.60 Å². The van der Waals surface area contributed by atoms with E-state index < -0.39 is 5.60 Å². The minimum absolute atomic E-state index is 0.129. The topological polar surface area (TPSA) is 71.0 Å². The second-order valence-electron chi connectivity index (χ2n) is 8.56. The van der Waals surface area contributed by atoms with Crippen LogP contribution >= 0.6 is 0 Å². The summed E-state index contributed by atoms with van der Waals surface area (Å²) in [5, 5.41) is 7.02. The molecule has 2 aliphatic rings. The molecule has 1 unspecified atom stereocenters. The van der Waals surface area contributed by atoms with E-state index in [-0.39, 0.29) is 11.8 Å². The van der Waals surface area contributed by atoms with Gasteiger partial charge in [0.05, 0.1) is 6.54 Å². The molecule has 0 radical (unpaired) electrons. The van der Waals surface area contributed by atoms with Crippen molar-refractivity contribution in [2.45, 2.75) is 51.2 Å². The van der Waals surface area contributed by atoms with Crippen LogP contribution in [0.25, 0.3) is 0 Å². The molecule has 162 valence electrons. The van der Waals surface area contributed by atoms with Gasteiger partial charge in [-0.25, -0.2) is 0 Å². The van der Waals surface area contributed by atoms with Crippen molar-refractivity contribution < 1.29 is 14.4 Å². The highest BCUT2D eigenvalue weighted by Gasteiger charge is 2.45. The molecule has 0 aromatic heterocycles. The summed E-state index contributed by atoms with van der Waals surface area (Å²) in [6.45, 7) is 3.70. The number of hydrogen-bond donors (Lipinski definition) is 1. The molecule has 4 rings (SSSR count). The fourth-order valence-corrected chi connectivity index (χ4v) is 4.22. The predicted molar refractivity (Wildman–Crippen MR) is 119 cm³/mol. The summed E-state index contributed by atoms with van der Waals surface area (Å²) in [7, 11) is 0. The average molecular weight is 420 g/mol. The molecule has 1 N–H and O–H groups in total. The summed E-state index contributed by atoms with van der Waals surface area (Å²) >= 11 is 0. The van der Waals surface area contributed by atoms with Gasteiger partial charge in [-0.3, -0.25) is 9.59 Å². The van der Waals surface area contributed by atoms with Crippen LogP contribution in [0.2, 0.25) is 0 Å². The highest BCUT2D eigenvalue weighted by atomic mass is 16.7. The first-order valence-electron chi connectivity index (χ1n) is 10.9. The number of rotatable bonds is 6. The first-order valence-corrected chi connectivity index (χ1v) is 10.9. The van der Waals surface area contributed by atoms with Gasteiger partial charge in [-0.15, -0.1) is 0 Å². The molecule has 2 aromatic carbocycles. The number of oxime groups is 1. The number of likely N-dealkylation sites (tertiary alicyclic amines) is 1. The molecule has 1 spiro atoms. The Morgan fingerprint density at radius 2 is 1.87 bits per heavy atom. The Labute approximate surface area is 183 Å². The highest BCUT2D eigenvalue weighted by Crippen LogP contribution is 2.33. The molecule has 1 saturated heterocycles. The molecule has 6 heteroatoms. The van der Waals surface area contributed by atoms with Gasteiger partial charge in [-0.2, -0.15) is 0 Å². The summed E-state index contributed by atoms with van der Waals surface area (Å²) in [4.78, 5) is 33.0. The number of nitrogens with zero attached hydrogens (tertiary/aromatic N) is 2. The molecular weight excluding hydrogens is 390 g/mol. The van der Waals surface area contributed by atoms with Crippen molar-refractivity contribution in [1.29, 1.82) is 0 Å². The number of amides is 2. The number of carbonyl (C=O) groups is 2. The largest absolute Gasteiger partial charge is 0.386 e. The van der Waals surface area contributed by atoms with Gasteiger partial charge in [0, 0.05) is 25.9 Å². The van der Waals surface area contributed by atoms with E-state index in [1.54, 1.807) is 0 Å². The van der Waals surface area contributed by atoms with Gasteiger partial charge in [0.25, 0.3) is 5.91 Å². The van der Waals surface area contributed by atoms with Crippen LogP contribution in [-0.4, -0.2) is 41.1 Å². The fraction of sp³-hybridized carbons (Fsp3) is 0.400. The van der Waals surface area contributed by atoms with Crippen molar-refractivity contribution in [3.63, 3.8) is 0 Å². The first-order chi connectivity index (χ1) is 15.0. The maximum absolute atomic E-state index is 12.8. The number of carbonyl (C=O) groups excluding carboxylic acids is 2. The van der Waals surface area contributed by atoms with Crippen LogP contribution < -0.4 is 5.32 Å². The summed E-state index contributed by atoms with van der Waals surface area (Å²) < 4.78 is 0. The van der Waals surface area contributed by atoms with Gasteiger partial charge >= 0.3 is 0 Å². The van der Waals surface area contributed by atoms with Crippen molar-refractivity contribution in [1.82, 2.24) is 10.2 Å². The summed E-state index contributed by atoms with van der Waals surface area (Å²) in [6, 6.07) is 18.1. The van der Waals surface area contributed by atoms with E-state index in [2.05, 4.69) is 10.5 Å². The third-order valence-corrected chi connectivity index (χ3v) is 6.04. The second kappa shape index (κ2) is 9.33. The SMILES string of the molecule is Cc1ccc(CNC(=O)C2=NOC3(CCCN(C(=O)CCc4ccccc4)C3)C2)cc1. The van der Waals surface area contributed by atoms with Gasteiger partial charge in [-0.05, 0) is 37.3 Å². The van der Waals surface area contributed by atoms with Crippen molar-refractivity contribution >= 4 is 17.5 Å². The van der Waals surface area contributed by atoms with Crippen LogP contribution in [0, 0.1) is 6.92 Å². The van der Waals surface area contributed by atoms with Crippen LogP contribution in [0.5, 0.6) is 0 Å². The number of aryl methyl sites for hydroxylation is 2. The smallest absolute Gasteiger partial charge is 0.269 e. The lowest BCUT2D eigenvalue weighted by atomic mass is 9.87. The molecule has 1 atom stereocenters. The normalized spacial score (nSPS) is 20.3. The zero-order valence-corrected chi connectivity index (χ0v) is 18.0. The third-order valence-electron chi connectivity index (χ3n) is 6.04. The van der Waals surface area contributed by atoms with E-state index >= 15 is 0 Å². The summed E-state index contributed by atoms with van der Waals surface area (Å²) in [5.41, 5.74) is 3.23. The van der Waals surface area contributed by atoms with E-state index in [4.69, 9.17) is 4.84 Å². The van der Waals surface area contributed by atoms with E-state index in [1.807, 2.05) is 66.4 Å². The van der Waals surface area contributed by atoms with E-state index in [0.29, 0.717) is 31.6 Å². The summed E-state index contributed by atoms with van der Waals surface area (Å²) in [6.07, 6.45) is 3.30. The Kier molecular flexibility index (Phi) is 6.35. The molecule has 0 saturated carbocycles. The molecule has 0 aliphatic carbocycles. The molecule has 1 fully saturated rings. The van der Waals surface area contributed by atoms with Crippen molar-refractivity contribution in [3.05, 3.63) is 71.3 Å². The zero-order chi connectivity index (χ0) is 21.7. The molecule has 2 heterocycles. The molecule has 2 aliphatic heterocycles. The van der Waals surface area contributed by atoms with Gasteiger partial charge in [0.2, 0.25) is 5.91 Å².